The summed E-state index contributed by atoms with van der Waals surface area (Å²) in [6.45, 7) is 0. The second-order valence-electron chi connectivity index (χ2n) is 3.09. The molecule has 0 aromatic rings. The van der Waals surface area contributed by atoms with Crippen LogP contribution in [0.3, 0.4) is 0 Å². The van der Waals surface area contributed by atoms with Gasteiger partial charge in [0.15, 0.2) is 0 Å². The van der Waals surface area contributed by atoms with Crippen molar-refractivity contribution >= 4 is 7.48 Å². The van der Waals surface area contributed by atoms with Gasteiger partial charge in [-0.3, -0.25) is 0 Å². The molecule has 0 aliphatic heterocycles. The van der Waals surface area contributed by atoms with E-state index in [9.17, 15) is 5.11 Å². The average molecular weight is 143 g/mol. The van der Waals surface area contributed by atoms with Crippen molar-refractivity contribution < 1.29 is 10.1 Å². The molecule has 4 N–H and O–H groups in total. The minimum Gasteiger partial charge on any atom is -0.454 e. The van der Waals surface area contributed by atoms with E-state index in [0.717, 1.165) is 19.3 Å². The molecule has 4 heteroatoms. The van der Waals surface area contributed by atoms with Gasteiger partial charge in [0.1, 0.15) is 0 Å². The van der Waals surface area contributed by atoms with Crippen LogP contribution in [0.2, 0.25) is 5.82 Å². The minimum atomic E-state index is -0.345. The predicted molar refractivity (Wildman–Crippen MR) is 41.0 cm³/mol. The summed E-state index contributed by atoms with van der Waals surface area (Å²) in [5.41, 5.74) is 5.58. The summed E-state index contributed by atoms with van der Waals surface area (Å²) < 4.78 is 0. The van der Waals surface area contributed by atoms with E-state index in [1.54, 1.807) is 0 Å². The van der Waals surface area contributed by atoms with Crippen LogP contribution in [0.1, 0.15) is 19.3 Å². The first kappa shape index (κ1) is 8.05. The van der Waals surface area contributed by atoms with Crippen LogP contribution >= 0.6 is 0 Å². The van der Waals surface area contributed by atoms with Gasteiger partial charge in [-0.2, -0.15) is 0 Å². The van der Waals surface area contributed by atoms with E-state index in [4.69, 9.17) is 10.8 Å². The van der Waals surface area contributed by atoms with Crippen molar-refractivity contribution in [2.75, 3.05) is 0 Å². The molecule has 1 fully saturated rings. The molecular formula is C6H14BNO2. The fourth-order valence-corrected chi connectivity index (χ4v) is 1.45. The largest absolute Gasteiger partial charge is 0.454 e. The van der Waals surface area contributed by atoms with Gasteiger partial charge in [-0.25, -0.2) is 0 Å². The highest BCUT2D eigenvalue weighted by Gasteiger charge is 2.26. The maximum atomic E-state index is 9.18. The van der Waals surface area contributed by atoms with Crippen LogP contribution in [-0.4, -0.2) is 29.8 Å². The van der Waals surface area contributed by atoms with Crippen LogP contribution in [0, 0.1) is 0 Å². The third-order valence-electron chi connectivity index (χ3n) is 2.23. The molecule has 58 valence electrons. The van der Waals surface area contributed by atoms with Crippen molar-refractivity contribution in [3.63, 3.8) is 0 Å². The van der Waals surface area contributed by atoms with Crippen molar-refractivity contribution in [1.29, 1.82) is 0 Å². The zero-order valence-electron chi connectivity index (χ0n) is 6.03. The molecule has 0 bridgehead atoms. The fraction of sp³-hybridized carbons (Fsp3) is 1.00. The number of nitrogens with two attached hydrogens (primary N) is 1. The number of rotatable bonds is 1. The number of aliphatic hydroxyl groups is 1. The topological polar surface area (TPSA) is 66.5 Å². The SMILES string of the molecule is NC1CC(BO)CCC1O. The highest BCUT2D eigenvalue weighted by atomic mass is 16.3. The van der Waals surface area contributed by atoms with E-state index in [1.165, 1.54) is 0 Å². The van der Waals surface area contributed by atoms with Crippen LogP contribution in [-0.2, 0) is 0 Å². The minimum absolute atomic E-state index is 0.120. The summed E-state index contributed by atoms with van der Waals surface area (Å²) in [6.07, 6.45) is 2.07. The Bertz CT molecular complexity index is 112. The van der Waals surface area contributed by atoms with E-state index in [2.05, 4.69) is 0 Å². The van der Waals surface area contributed by atoms with Crippen molar-refractivity contribution in [3.8, 4) is 0 Å². The lowest BCUT2D eigenvalue weighted by Crippen LogP contribution is -2.39. The summed E-state index contributed by atoms with van der Waals surface area (Å²) in [6, 6.07) is -0.120. The fourth-order valence-electron chi connectivity index (χ4n) is 1.45. The molecule has 3 nitrogen and oxygen atoms in total. The highest BCUT2D eigenvalue weighted by molar-refractivity contribution is 6.27. The Morgan fingerprint density at radius 1 is 1.40 bits per heavy atom. The Morgan fingerprint density at radius 3 is 2.60 bits per heavy atom. The standard InChI is InChI=1S/C6H14BNO2/c8-5-3-4(7-10)1-2-6(5)9/h4-7,9-10H,1-3,8H2. The summed E-state index contributed by atoms with van der Waals surface area (Å²) >= 11 is 0. The molecule has 0 saturated heterocycles. The maximum Gasteiger partial charge on any atom is 0.274 e. The summed E-state index contributed by atoms with van der Waals surface area (Å²) in [5, 5.41) is 17.9. The Morgan fingerprint density at radius 2 is 2.10 bits per heavy atom. The molecular weight excluding hydrogens is 129 g/mol. The maximum absolute atomic E-state index is 9.18. The average Bonchev–Trinajstić information content (AvgIpc) is 1.95. The normalized spacial score (nSPS) is 41.3. The van der Waals surface area contributed by atoms with Crippen LogP contribution in [0.15, 0.2) is 0 Å². The van der Waals surface area contributed by atoms with Gasteiger partial charge in [-0.05, 0) is 18.7 Å². The molecule has 3 unspecified atom stereocenters. The number of hydrogen-bond acceptors (Lipinski definition) is 3. The third-order valence-corrected chi connectivity index (χ3v) is 2.23. The van der Waals surface area contributed by atoms with E-state index in [0.29, 0.717) is 5.82 Å². The van der Waals surface area contributed by atoms with Gasteiger partial charge in [0.25, 0.3) is 7.48 Å². The second-order valence-corrected chi connectivity index (χ2v) is 3.09. The molecule has 0 amide bonds. The number of aliphatic hydroxyl groups excluding tert-OH is 1. The number of hydrogen-bond donors (Lipinski definition) is 3. The Balaban J connectivity index is 2.33. The van der Waals surface area contributed by atoms with Crippen LogP contribution in [0.4, 0.5) is 0 Å². The zero-order chi connectivity index (χ0) is 7.56. The van der Waals surface area contributed by atoms with Gasteiger partial charge in [0.05, 0.1) is 6.10 Å². The summed E-state index contributed by atoms with van der Waals surface area (Å²) in [5.74, 6) is 0.318. The summed E-state index contributed by atoms with van der Waals surface area (Å²) in [7, 11) is 0.209. The molecule has 1 aliphatic rings. The molecule has 0 radical (unpaired) electrons. The molecule has 1 saturated carbocycles. The van der Waals surface area contributed by atoms with Crippen molar-refractivity contribution in [2.45, 2.75) is 37.2 Å². The molecule has 0 aromatic heterocycles. The molecule has 1 rings (SSSR count). The van der Waals surface area contributed by atoms with Crippen LogP contribution in [0.5, 0.6) is 0 Å². The second kappa shape index (κ2) is 3.37. The third kappa shape index (κ3) is 1.72. The van der Waals surface area contributed by atoms with Crippen LogP contribution in [0.25, 0.3) is 0 Å². The van der Waals surface area contributed by atoms with Gasteiger partial charge < -0.3 is 15.9 Å². The van der Waals surface area contributed by atoms with E-state index >= 15 is 0 Å². The quantitative estimate of drug-likeness (QED) is 0.412. The lowest BCUT2D eigenvalue weighted by atomic mass is 9.69. The molecule has 1 aliphatic carbocycles. The van der Waals surface area contributed by atoms with Gasteiger partial charge >= 0.3 is 0 Å². The van der Waals surface area contributed by atoms with Crippen molar-refractivity contribution in [2.24, 2.45) is 5.73 Å². The van der Waals surface area contributed by atoms with Crippen molar-refractivity contribution in [3.05, 3.63) is 0 Å². The molecule has 10 heavy (non-hydrogen) atoms. The summed E-state index contributed by atoms with van der Waals surface area (Å²) in [4.78, 5) is 0. The molecule has 0 aromatic carbocycles. The first-order valence-corrected chi connectivity index (χ1v) is 3.78. The first-order valence-electron chi connectivity index (χ1n) is 3.78. The first-order chi connectivity index (χ1) is 4.74. The van der Waals surface area contributed by atoms with Crippen LogP contribution < -0.4 is 5.73 Å². The monoisotopic (exact) mass is 143 g/mol. The molecule has 0 heterocycles. The Kier molecular flexibility index (Phi) is 2.71. The van der Waals surface area contributed by atoms with E-state index in [1.807, 2.05) is 0 Å². The smallest absolute Gasteiger partial charge is 0.274 e. The Labute approximate surface area is 61.5 Å². The van der Waals surface area contributed by atoms with E-state index < -0.39 is 0 Å². The van der Waals surface area contributed by atoms with Gasteiger partial charge in [-0.15, -0.1) is 0 Å². The predicted octanol–water partition coefficient (Wildman–Crippen LogP) is -1.01. The zero-order valence-corrected chi connectivity index (χ0v) is 6.03. The highest BCUT2D eigenvalue weighted by Crippen LogP contribution is 2.26. The van der Waals surface area contributed by atoms with Gasteiger partial charge in [0, 0.05) is 6.04 Å². The van der Waals surface area contributed by atoms with Gasteiger partial charge in [-0.1, -0.05) is 6.42 Å². The van der Waals surface area contributed by atoms with Crippen molar-refractivity contribution in [1.82, 2.24) is 0 Å². The molecule has 0 spiro atoms. The lowest BCUT2D eigenvalue weighted by molar-refractivity contribution is 0.107. The Hall–Kier alpha value is -0.0551. The molecule has 3 atom stereocenters. The van der Waals surface area contributed by atoms with E-state index in [-0.39, 0.29) is 19.6 Å². The van der Waals surface area contributed by atoms with Gasteiger partial charge in [0.2, 0.25) is 0 Å². The lowest BCUT2D eigenvalue weighted by Gasteiger charge is -2.29.